The van der Waals surface area contributed by atoms with Gasteiger partial charge in [-0.2, -0.15) is 0 Å². The Labute approximate surface area is 179 Å². The van der Waals surface area contributed by atoms with Crippen LogP contribution in [0, 0.1) is 12.7 Å². The van der Waals surface area contributed by atoms with Crippen LogP contribution in [-0.4, -0.2) is 32.9 Å². The molecule has 152 valence electrons. The van der Waals surface area contributed by atoms with Crippen molar-refractivity contribution in [3.63, 3.8) is 0 Å². The number of thiazole rings is 1. The highest BCUT2D eigenvalue weighted by atomic mass is 32.1. The number of benzene rings is 2. The van der Waals surface area contributed by atoms with Crippen LogP contribution in [0.1, 0.15) is 35.3 Å². The van der Waals surface area contributed by atoms with E-state index in [9.17, 15) is 4.39 Å². The standard InChI is InChI=1S/C24H23FN4S/c1-16-26-13-20(17-8-10-19(25)11-9-17)24(27-16)18-5-4-12-29(14-18)15-23-28-21-6-2-3-7-22(21)30-23/h2-3,6-11,13,18H,4-5,12,14-15H2,1H3/t18-/m1/s1. The maximum atomic E-state index is 13.4. The molecule has 1 atom stereocenters. The third-order valence-electron chi connectivity index (χ3n) is 5.68. The van der Waals surface area contributed by atoms with Crippen molar-refractivity contribution in [3.8, 4) is 11.1 Å². The van der Waals surface area contributed by atoms with E-state index in [0.29, 0.717) is 5.92 Å². The number of hydrogen-bond donors (Lipinski definition) is 0. The molecule has 0 radical (unpaired) electrons. The zero-order valence-corrected chi connectivity index (χ0v) is 17.7. The number of halogens is 1. The second-order valence-electron chi connectivity index (χ2n) is 7.87. The lowest BCUT2D eigenvalue weighted by atomic mass is 9.90. The Kier molecular flexibility index (Phi) is 5.27. The summed E-state index contributed by atoms with van der Waals surface area (Å²) in [6.07, 6.45) is 4.11. The lowest BCUT2D eigenvalue weighted by molar-refractivity contribution is 0.198. The van der Waals surface area contributed by atoms with Gasteiger partial charge in [-0.15, -0.1) is 11.3 Å². The van der Waals surface area contributed by atoms with Gasteiger partial charge in [0.1, 0.15) is 16.6 Å². The highest BCUT2D eigenvalue weighted by molar-refractivity contribution is 7.18. The first-order valence-corrected chi connectivity index (χ1v) is 11.1. The van der Waals surface area contributed by atoms with Gasteiger partial charge in [-0.1, -0.05) is 24.3 Å². The zero-order chi connectivity index (χ0) is 20.5. The van der Waals surface area contributed by atoms with E-state index in [-0.39, 0.29) is 5.82 Å². The van der Waals surface area contributed by atoms with E-state index < -0.39 is 0 Å². The van der Waals surface area contributed by atoms with Gasteiger partial charge in [0, 0.05) is 24.2 Å². The molecular formula is C24H23FN4S. The number of nitrogens with zero attached hydrogens (tertiary/aromatic N) is 4. The van der Waals surface area contributed by atoms with E-state index in [4.69, 9.17) is 9.97 Å². The Morgan fingerprint density at radius 1 is 1.10 bits per heavy atom. The molecule has 2 aromatic heterocycles. The topological polar surface area (TPSA) is 41.9 Å². The first-order valence-electron chi connectivity index (χ1n) is 10.3. The first kappa shape index (κ1) is 19.3. The van der Waals surface area contributed by atoms with E-state index in [1.54, 1.807) is 11.3 Å². The van der Waals surface area contributed by atoms with Gasteiger partial charge < -0.3 is 0 Å². The van der Waals surface area contributed by atoms with E-state index >= 15 is 0 Å². The summed E-state index contributed by atoms with van der Waals surface area (Å²) in [7, 11) is 0. The van der Waals surface area contributed by atoms with Crippen LogP contribution in [0.2, 0.25) is 0 Å². The Balaban J connectivity index is 1.40. The fraction of sp³-hybridized carbons (Fsp3) is 0.292. The minimum absolute atomic E-state index is 0.229. The number of rotatable bonds is 4. The number of piperidine rings is 1. The summed E-state index contributed by atoms with van der Waals surface area (Å²) < 4.78 is 14.7. The van der Waals surface area contributed by atoms with Crippen LogP contribution >= 0.6 is 11.3 Å². The Bertz CT molecular complexity index is 1140. The predicted octanol–water partition coefficient (Wildman–Crippen LogP) is 5.58. The van der Waals surface area contributed by atoms with Gasteiger partial charge in [-0.25, -0.2) is 19.3 Å². The molecule has 0 N–H and O–H groups in total. The van der Waals surface area contributed by atoms with Crippen LogP contribution in [0.25, 0.3) is 21.3 Å². The summed E-state index contributed by atoms with van der Waals surface area (Å²) in [6.45, 7) is 4.81. The smallest absolute Gasteiger partial charge is 0.125 e. The third kappa shape index (κ3) is 3.98. The van der Waals surface area contributed by atoms with Crippen molar-refractivity contribution >= 4 is 21.6 Å². The Morgan fingerprint density at radius 3 is 2.77 bits per heavy atom. The van der Waals surface area contributed by atoms with Gasteiger partial charge in [0.25, 0.3) is 0 Å². The Hall–Kier alpha value is -2.70. The van der Waals surface area contributed by atoms with E-state index in [0.717, 1.165) is 65.6 Å². The van der Waals surface area contributed by atoms with Crippen LogP contribution in [0.5, 0.6) is 0 Å². The van der Waals surface area contributed by atoms with Crippen LogP contribution in [0.3, 0.4) is 0 Å². The van der Waals surface area contributed by atoms with Gasteiger partial charge >= 0.3 is 0 Å². The fourth-order valence-corrected chi connectivity index (χ4v) is 5.26. The van der Waals surface area contributed by atoms with E-state index in [2.05, 4.69) is 28.1 Å². The van der Waals surface area contributed by atoms with Crippen LogP contribution in [0.4, 0.5) is 4.39 Å². The molecule has 6 heteroatoms. The lowest BCUT2D eigenvalue weighted by Gasteiger charge is -2.32. The summed E-state index contributed by atoms with van der Waals surface area (Å²) in [6, 6.07) is 14.9. The second-order valence-corrected chi connectivity index (χ2v) is 8.99. The third-order valence-corrected chi connectivity index (χ3v) is 6.70. The molecule has 0 amide bonds. The second kappa shape index (κ2) is 8.20. The molecule has 0 unspecified atom stereocenters. The van der Waals surface area contributed by atoms with Gasteiger partial charge in [-0.3, -0.25) is 4.90 Å². The molecule has 0 saturated carbocycles. The average molecular weight is 419 g/mol. The van der Waals surface area contributed by atoms with Crippen molar-refractivity contribution in [1.82, 2.24) is 19.9 Å². The molecule has 4 aromatic rings. The summed E-state index contributed by atoms with van der Waals surface area (Å²) in [5.74, 6) is 0.877. The number of para-hydroxylation sites is 1. The number of aryl methyl sites for hydroxylation is 1. The number of aromatic nitrogens is 3. The SMILES string of the molecule is Cc1ncc(-c2ccc(F)cc2)c([C@@H]2CCCN(Cc3nc4ccccc4s3)C2)n1. The summed E-state index contributed by atoms with van der Waals surface area (Å²) in [5.41, 5.74) is 4.13. The van der Waals surface area contributed by atoms with Crippen LogP contribution < -0.4 is 0 Å². The predicted molar refractivity (Wildman–Crippen MR) is 119 cm³/mol. The number of fused-ring (bicyclic) bond motifs is 1. The molecule has 5 rings (SSSR count). The van der Waals surface area contributed by atoms with Crippen molar-refractivity contribution < 1.29 is 4.39 Å². The van der Waals surface area contributed by atoms with Crippen LogP contribution in [0.15, 0.2) is 54.7 Å². The molecular weight excluding hydrogens is 395 g/mol. The van der Waals surface area contributed by atoms with Crippen molar-refractivity contribution in [3.05, 3.63) is 77.1 Å². The summed E-state index contributed by atoms with van der Waals surface area (Å²) in [5, 5.41) is 1.16. The van der Waals surface area contributed by atoms with E-state index in [1.807, 2.05) is 31.3 Å². The molecule has 0 bridgehead atoms. The molecule has 0 spiro atoms. The molecule has 2 aromatic carbocycles. The highest BCUT2D eigenvalue weighted by Crippen LogP contribution is 2.34. The molecule has 1 fully saturated rings. The molecule has 1 saturated heterocycles. The maximum Gasteiger partial charge on any atom is 0.125 e. The highest BCUT2D eigenvalue weighted by Gasteiger charge is 2.26. The quantitative estimate of drug-likeness (QED) is 0.434. The first-order chi connectivity index (χ1) is 14.7. The van der Waals surface area contributed by atoms with E-state index in [1.165, 1.54) is 16.8 Å². The van der Waals surface area contributed by atoms with Crippen molar-refractivity contribution in [2.45, 2.75) is 32.2 Å². The maximum absolute atomic E-state index is 13.4. The molecule has 1 aliphatic heterocycles. The molecule has 4 nitrogen and oxygen atoms in total. The molecule has 3 heterocycles. The molecule has 1 aliphatic rings. The van der Waals surface area contributed by atoms with Gasteiger partial charge in [0.15, 0.2) is 0 Å². The van der Waals surface area contributed by atoms with Crippen molar-refractivity contribution in [2.24, 2.45) is 0 Å². The fourth-order valence-electron chi connectivity index (χ4n) is 4.25. The van der Waals surface area contributed by atoms with Crippen LogP contribution in [-0.2, 0) is 6.54 Å². The normalized spacial score (nSPS) is 17.5. The van der Waals surface area contributed by atoms with Crippen molar-refractivity contribution in [2.75, 3.05) is 13.1 Å². The minimum Gasteiger partial charge on any atom is -0.296 e. The minimum atomic E-state index is -0.229. The van der Waals surface area contributed by atoms with Crippen molar-refractivity contribution in [1.29, 1.82) is 0 Å². The molecule has 30 heavy (non-hydrogen) atoms. The summed E-state index contributed by atoms with van der Waals surface area (Å²) >= 11 is 1.78. The lowest BCUT2D eigenvalue weighted by Crippen LogP contribution is -2.34. The largest absolute Gasteiger partial charge is 0.296 e. The van der Waals surface area contributed by atoms with Gasteiger partial charge in [0.2, 0.25) is 0 Å². The molecule has 0 aliphatic carbocycles. The Morgan fingerprint density at radius 2 is 1.93 bits per heavy atom. The van der Waals surface area contributed by atoms with Gasteiger partial charge in [0.05, 0.1) is 22.5 Å². The number of likely N-dealkylation sites (tertiary alicyclic amines) is 1. The van der Waals surface area contributed by atoms with Gasteiger partial charge in [-0.05, 0) is 56.1 Å². The zero-order valence-electron chi connectivity index (χ0n) is 16.9. The monoisotopic (exact) mass is 418 g/mol. The summed E-state index contributed by atoms with van der Waals surface area (Å²) in [4.78, 5) is 16.5. The number of hydrogen-bond acceptors (Lipinski definition) is 5. The average Bonchev–Trinajstić information content (AvgIpc) is 3.17.